The Morgan fingerprint density at radius 1 is 1.43 bits per heavy atom. The third-order valence-electron chi connectivity index (χ3n) is 1.89. The minimum atomic E-state index is -0.597. The largest absolute Gasteiger partial charge is 0.491 e. The van der Waals surface area contributed by atoms with E-state index in [1.807, 2.05) is 31.2 Å². The average Bonchev–Trinajstić information content (AvgIpc) is 2.15. The van der Waals surface area contributed by atoms with Crippen molar-refractivity contribution in [3.8, 4) is 5.75 Å². The first-order valence-electron chi connectivity index (χ1n) is 4.71. The van der Waals surface area contributed by atoms with Crippen LogP contribution in [0.3, 0.4) is 0 Å². The Kier molecular flexibility index (Phi) is 4.43. The summed E-state index contributed by atoms with van der Waals surface area (Å²) in [4.78, 5) is 0. The first kappa shape index (κ1) is 11.0. The molecule has 1 atom stereocenters. The molecule has 1 rings (SSSR count). The second-order valence-electron chi connectivity index (χ2n) is 3.29. The Morgan fingerprint density at radius 2 is 2.21 bits per heavy atom. The highest BCUT2D eigenvalue weighted by Crippen LogP contribution is 2.12. The van der Waals surface area contributed by atoms with Crippen LogP contribution >= 0.6 is 0 Å². The maximum Gasteiger partial charge on any atom is 0.119 e. The van der Waals surface area contributed by atoms with Crippen LogP contribution in [0.4, 0.5) is 0 Å². The van der Waals surface area contributed by atoms with Crippen molar-refractivity contribution in [3.05, 3.63) is 29.8 Å². The molecule has 1 aromatic rings. The summed E-state index contributed by atoms with van der Waals surface area (Å²) in [6.07, 6.45) is -0.244. The number of hydrogen-bond acceptors (Lipinski definition) is 3. The highest BCUT2D eigenvalue weighted by Gasteiger charge is 2.03. The molecule has 78 valence electrons. The van der Waals surface area contributed by atoms with E-state index in [1.165, 1.54) is 0 Å². The van der Waals surface area contributed by atoms with E-state index < -0.39 is 6.10 Å². The molecular formula is C11H16O3. The van der Waals surface area contributed by atoms with E-state index in [0.29, 0.717) is 6.42 Å². The van der Waals surface area contributed by atoms with Gasteiger partial charge in [-0.2, -0.15) is 0 Å². The topological polar surface area (TPSA) is 49.7 Å². The molecule has 3 nitrogen and oxygen atoms in total. The summed E-state index contributed by atoms with van der Waals surface area (Å²) in [6.45, 7) is 2.19. The van der Waals surface area contributed by atoms with Gasteiger partial charge in [-0.05, 0) is 31.0 Å². The van der Waals surface area contributed by atoms with Crippen molar-refractivity contribution in [2.45, 2.75) is 19.4 Å². The molecule has 0 bridgehead atoms. The van der Waals surface area contributed by atoms with Crippen LogP contribution in [0.25, 0.3) is 0 Å². The van der Waals surface area contributed by atoms with Gasteiger partial charge in [0.15, 0.2) is 0 Å². The standard InChI is InChI=1S/C11H16O3/c1-9-3-2-4-11(7-9)14-8-10(13)5-6-12/h2-4,7,10,12-13H,5-6,8H2,1H3. The van der Waals surface area contributed by atoms with Crippen molar-refractivity contribution in [2.75, 3.05) is 13.2 Å². The minimum absolute atomic E-state index is 0.0155. The maximum atomic E-state index is 9.29. The first-order valence-corrected chi connectivity index (χ1v) is 4.71. The van der Waals surface area contributed by atoms with Gasteiger partial charge in [0, 0.05) is 6.61 Å². The minimum Gasteiger partial charge on any atom is -0.491 e. The van der Waals surface area contributed by atoms with Crippen LogP contribution in [0.5, 0.6) is 5.75 Å². The smallest absolute Gasteiger partial charge is 0.119 e. The molecule has 0 aromatic heterocycles. The number of hydrogen-bond donors (Lipinski definition) is 2. The van der Waals surface area contributed by atoms with Gasteiger partial charge in [0.05, 0.1) is 6.10 Å². The van der Waals surface area contributed by atoms with Crippen molar-refractivity contribution in [1.29, 1.82) is 0 Å². The second kappa shape index (κ2) is 5.62. The number of aliphatic hydroxyl groups excluding tert-OH is 2. The molecule has 0 amide bonds. The van der Waals surface area contributed by atoms with Gasteiger partial charge in [-0.15, -0.1) is 0 Å². The zero-order valence-corrected chi connectivity index (χ0v) is 8.31. The molecule has 0 radical (unpaired) electrons. The molecule has 0 saturated heterocycles. The number of ether oxygens (including phenoxy) is 1. The van der Waals surface area contributed by atoms with Crippen molar-refractivity contribution in [1.82, 2.24) is 0 Å². The third kappa shape index (κ3) is 3.77. The number of benzene rings is 1. The number of aliphatic hydroxyl groups is 2. The maximum absolute atomic E-state index is 9.29. The number of aryl methyl sites for hydroxylation is 1. The fraction of sp³-hybridized carbons (Fsp3) is 0.455. The van der Waals surface area contributed by atoms with Gasteiger partial charge in [0.25, 0.3) is 0 Å². The molecule has 0 fully saturated rings. The van der Waals surface area contributed by atoms with Crippen LogP contribution < -0.4 is 4.74 Å². The molecule has 1 aromatic carbocycles. The van der Waals surface area contributed by atoms with Crippen molar-refractivity contribution >= 4 is 0 Å². The molecule has 1 unspecified atom stereocenters. The summed E-state index contributed by atoms with van der Waals surface area (Å²) in [5, 5.41) is 17.9. The van der Waals surface area contributed by atoms with Crippen LogP contribution in [-0.2, 0) is 0 Å². The SMILES string of the molecule is Cc1cccc(OCC(O)CCO)c1. The summed E-state index contributed by atoms with van der Waals surface area (Å²) >= 11 is 0. The van der Waals surface area contributed by atoms with Gasteiger partial charge in [0.1, 0.15) is 12.4 Å². The molecular weight excluding hydrogens is 180 g/mol. The molecule has 0 aliphatic carbocycles. The summed E-state index contributed by atoms with van der Waals surface area (Å²) in [5.41, 5.74) is 1.12. The van der Waals surface area contributed by atoms with Crippen molar-refractivity contribution in [3.63, 3.8) is 0 Å². The molecule has 14 heavy (non-hydrogen) atoms. The zero-order chi connectivity index (χ0) is 10.4. The van der Waals surface area contributed by atoms with Crippen LogP contribution in [-0.4, -0.2) is 29.5 Å². The normalized spacial score (nSPS) is 12.5. The van der Waals surface area contributed by atoms with Gasteiger partial charge in [-0.1, -0.05) is 12.1 Å². The molecule has 0 aliphatic heterocycles. The van der Waals surface area contributed by atoms with Crippen LogP contribution in [0.15, 0.2) is 24.3 Å². The average molecular weight is 196 g/mol. The third-order valence-corrected chi connectivity index (χ3v) is 1.89. The van der Waals surface area contributed by atoms with Gasteiger partial charge >= 0.3 is 0 Å². The summed E-state index contributed by atoms with van der Waals surface area (Å²) in [6, 6.07) is 7.64. The Hall–Kier alpha value is -1.06. The van der Waals surface area contributed by atoms with Crippen LogP contribution in [0.2, 0.25) is 0 Å². The molecule has 3 heteroatoms. The van der Waals surface area contributed by atoms with Gasteiger partial charge in [-0.3, -0.25) is 0 Å². The number of rotatable bonds is 5. The van der Waals surface area contributed by atoms with Gasteiger partial charge in [-0.25, -0.2) is 0 Å². The van der Waals surface area contributed by atoms with Gasteiger partial charge in [0.2, 0.25) is 0 Å². The Bertz CT molecular complexity index is 273. The first-order chi connectivity index (χ1) is 6.72. The fourth-order valence-corrected chi connectivity index (χ4v) is 1.13. The molecule has 0 heterocycles. The Morgan fingerprint density at radius 3 is 2.86 bits per heavy atom. The predicted molar refractivity (Wildman–Crippen MR) is 54.4 cm³/mol. The van der Waals surface area contributed by atoms with E-state index in [0.717, 1.165) is 11.3 Å². The lowest BCUT2D eigenvalue weighted by molar-refractivity contribution is 0.0821. The van der Waals surface area contributed by atoms with E-state index >= 15 is 0 Å². The van der Waals surface area contributed by atoms with E-state index in [1.54, 1.807) is 0 Å². The lowest BCUT2D eigenvalue weighted by Gasteiger charge is -2.11. The van der Waals surface area contributed by atoms with E-state index in [9.17, 15) is 5.11 Å². The Labute approximate surface area is 84.0 Å². The second-order valence-corrected chi connectivity index (χ2v) is 3.29. The lowest BCUT2D eigenvalue weighted by atomic mass is 10.2. The van der Waals surface area contributed by atoms with Crippen LogP contribution in [0, 0.1) is 6.92 Å². The summed E-state index contributed by atoms with van der Waals surface area (Å²) in [7, 11) is 0. The monoisotopic (exact) mass is 196 g/mol. The highest BCUT2D eigenvalue weighted by molar-refractivity contribution is 5.27. The predicted octanol–water partition coefficient (Wildman–Crippen LogP) is 1.12. The molecule has 0 aliphatic rings. The van der Waals surface area contributed by atoms with E-state index in [2.05, 4.69) is 0 Å². The summed E-state index contributed by atoms with van der Waals surface area (Å²) in [5.74, 6) is 0.752. The van der Waals surface area contributed by atoms with Crippen molar-refractivity contribution in [2.24, 2.45) is 0 Å². The zero-order valence-electron chi connectivity index (χ0n) is 8.31. The van der Waals surface area contributed by atoms with Crippen LogP contribution in [0.1, 0.15) is 12.0 Å². The summed E-state index contributed by atoms with van der Waals surface area (Å²) < 4.78 is 5.34. The molecule has 2 N–H and O–H groups in total. The lowest BCUT2D eigenvalue weighted by Crippen LogP contribution is -2.18. The van der Waals surface area contributed by atoms with Crippen molar-refractivity contribution < 1.29 is 14.9 Å². The quantitative estimate of drug-likeness (QED) is 0.742. The highest BCUT2D eigenvalue weighted by atomic mass is 16.5. The van der Waals surface area contributed by atoms with E-state index in [-0.39, 0.29) is 13.2 Å². The molecule has 0 spiro atoms. The fourth-order valence-electron chi connectivity index (χ4n) is 1.13. The molecule has 0 saturated carbocycles. The Balaban J connectivity index is 2.37. The van der Waals surface area contributed by atoms with E-state index in [4.69, 9.17) is 9.84 Å². The van der Waals surface area contributed by atoms with Gasteiger partial charge < -0.3 is 14.9 Å².